The van der Waals surface area contributed by atoms with Crippen LogP contribution in [0.1, 0.15) is 105 Å². The van der Waals surface area contributed by atoms with E-state index in [2.05, 4.69) is 227 Å². The number of furan rings is 1. The minimum absolute atomic E-state index is 0. The number of hydrogen-bond acceptors (Lipinski definition) is 4. The van der Waals surface area contributed by atoms with Crippen molar-refractivity contribution in [3.8, 4) is 56.3 Å². The number of fused-ring (bicyclic) bond motifs is 6. The Hall–Kier alpha value is -6.29. The second-order valence-corrected chi connectivity index (χ2v) is 22.5. The van der Waals surface area contributed by atoms with E-state index in [0.29, 0.717) is 11.4 Å². The Morgan fingerprint density at radius 1 is 0.544 bits per heavy atom. The van der Waals surface area contributed by atoms with E-state index in [1.54, 1.807) is 0 Å². The van der Waals surface area contributed by atoms with Gasteiger partial charge in [0.25, 0.3) is 0 Å². The van der Waals surface area contributed by atoms with Crippen molar-refractivity contribution in [2.24, 2.45) is 0 Å². The Morgan fingerprint density at radius 2 is 1.22 bits per heavy atom. The number of aromatic hydroxyl groups is 1. The van der Waals surface area contributed by atoms with Gasteiger partial charge in [0.1, 0.15) is 17.2 Å². The van der Waals surface area contributed by atoms with Crippen LogP contribution in [0.15, 0.2) is 144 Å². The predicted octanol–water partition coefficient (Wildman–Crippen LogP) is 16.8. The van der Waals surface area contributed by atoms with E-state index in [9.17, 15) is 5.11 Å². The molecule has 3 aromatic heterocycles. The number of imidazole rings is 1. The molecule has 5 nitrogen and oxygen atoms in total. The third kappa shape index (κ3) is 8.17. The van der Waals surface area contributed by atoms with Gasteiger partial charge in [-0.3, -0.25) is 9.55 Å². The summed E-state index contributed by atoms with van der Waals surface area (Å²) in [6.45, 7) is 26.6. The summed E-state index contributed by atoms with van der Waals surface area (Å²) in [5, 5.41) is 16.8. The average molecular weight is 1070 g/mol. The molecule has 6 heteroatoms. The van der Waals surface area contributed by atoms with Crippen LogP contribution in [0.2, 0.25) is 0 Å². The minimum Gasteiger partial charge on any atom is -0.507 e. The van der Waals surface area contributed by atoms with Crippen molar-refractivity contribution >= 4 is 43.7 Å². The molecule has 0 unspecified atom stereocenters. The Morgan fingerprint density at radius 3 is 1.93 bits per heavy atom. The quantitative estimate of drug-likeness (QED) is 0.174. The number of aromatic nitrogens is 3. The molecule has 3 heterocycles. The van der Waals surface area contributed by atoms with Gasteiger partial charge in [-0.05, 0) is 85.0 Å². The molecule has 10 aromatic rings. The average Bonchev–Trinajstić information content (AvgIpc) is 3.87. The first-order valence-electron chi connectivity index (χ1n) is 23.5. The SMILES string of the molecule is CC(C)(C)c1ccnc(-c2[c-]c(-c3cccc4c3nc(-c3cc(C(C)(C)C)cc(C(C)(C)C)c3O)n4-c3ccc(C(C)(C)C)cc3-c3ccccc3)cc3c2oc2c4ccccc4ccc32)c1.[Pt]. The van der Waals surface area contributed by atoms with E-state index in [-0.39, 0.29) is 48.5 Å². The summed E-state index contributed by atoms with van der Waals surface area (Å²) >= 11 is 0. The number of rotatable bonds is 5. The number of phenolic OH excluding ortho intramolecular Hbond substituents is 1. The molecular weight excluding hydrogens is 1010 g/mol. The Bertz CT molecular complexity index is 3570. The molecule has 0 aliphatic carbocycles. The zero-order valence-corrected chi connectivity index (χ0v) is 43.6. The van der Waals surface area contributed by atoms with Crippen LogP contribution >= 0.6 is 0 Å². The maximum atomic E-state index is 12.6. The van der Waals surface area contributed by atoms with E-state index in [1.807, 2.05) is 6.20 Å². The number of pyridine rings is 1. The van der Waals surface area contributed by atoms with Crippen LogP contribution in [-0.2, 0) is 42.7 Å². The summed E-state index contributed by atoms with van der Waals surface area (Å²) in [7, 11) is 0. The second-order valence-electron chi connectivity index (χ2n) is 22.5. The van der Waals surface area contributed by atoms with E-state index >= 15 is 0 Å². The van der Waals surface area contributed by atoms with Gasteiger partial charge in [0.05, 0.1) is 27.9 Å². The van der Waals surface area contributed by atoms with Crippen molar-refractivity contribution in [2.45, 2.75) is 105 Å². The van der Waals surface area contributed by atoms with Crippen molar-refractivity contribution in [1.82, 2.24) is 14.5 Å². The van der Waals surface area contributed by atoms with Crippen LogP contribution in [0.4, 0.5) is 0 Å². The van der Waals surface area contributed by atoms with E-state index in [4.69, 9.17) is 14.4 Å². The normalized spacial score (nSPS) is 12.6. The Kier molecular flexibility index (Phi) is 11.5. The number of benzene rings is 7. The molecule has 68 heavy (non-hydrogen) atoms. The van der Waals surface area contributed by atoms with Gasteiger partial charge in [0, 0.05) is 54.9 Å². The van der Waals surface area contributed by atoms with Crippen molar-refractivity contribution in [2.75, 3.05) is 0 Å². The van der Waals surface area contributed by atoms with Crippen LogP contribution in [0.5, 0.6) is 5.75 Å². The van der Waals surface area contributed by atoms with Gasteiger partial charge >= 0.3 is 0 Å². The van der Waals surface area contributed by atoms with Crippen LogP contribution in [0.3, 0.4) is 0 Å². The molecule has 0 spiro atoms. The topological polar surface area (TPSA) is 64.1 Å². The fourth-order valence-electron chi connectivity index (χ4n) is 9.50. The number of para-hydroxylation sites is 1. The molecule has 0 saturated heterocycles. The molecule has 0 aliphatic heterocycles. The van der Waals surface area contributed by atoms with Crippen LogP contribution in [-0.4, -0.2) is 19.6 Å². The van der Waals surface area contributed by atoms with Gasteiger partial charge in [0.2, 0.25) is 0 Å². The number of phenols is 1. The summed E-state index contributed by atoms with van der Waals surface area (Å²) in [5.74, 6) is 0.904. The van der Waals surface area contributed by atoms with E-state index in [0.717, 1.165) is 94.1 Å². The summed E-state index contributed by atoms with van der Waals surface area (Å²) in [6.07, 6.45) is 1.90. The first-order valence-corrected chi connectivity index (χ1v) is 23.5. The molecule has 7 aromatic carbocycles. The molecule has 0 bridgehead atoms. The molecule has 0 fully saturated rings. The molecule has 0 amide bonds. The summed E-state index contributed by atoms with van der Waals surface area (Å²) < 4.78 is 9.23. The molecule has 0 radical (unpaired) electrons. The molecule has 10 rings (SSSR count). The third-order valence-corrected chi connectivity index (χ3v) is 13.5. The van der Waals surface area contributed by atoms with Crippen LogP contribution in [0.25, 0.3) is 94.3 Å². The van der Waals surface area contributed by atoms with Gasteiger partial charge in [-0.2, -0.15) is 0 Å². The van der Waals surface area contributed by atoms with E-state index in [1.165, 1.54) is 11.1 Å². The number of hydrogen-bond donors (Lipinski definition) is 1. The maximum absolute atomic E-state index is 12.6. The largest absolute Gasteiger partial charge is 0.507 e. The zero-order valence-electron chi connectivity index (χ0n) is 41.3. The summed E-state index contributed by atoms with van der Waals surface area (Å²) in [5.41, 5.74) is 14.2. The Labute approximate surface area is 415 Å². The fraction of sp³-hybridized carbons (Fsp3) is 0.258. The maximum Gasteiger partial charge on any atom is 0.148 e. The molecule has 0 aliphatic rings. The van der Waals surface area contributed by atoms with Crippen molar-refractivity contribution < 1.29 is 30.6 Å². The van der Waals surface area contributed by atoms with Crippen LogP contribution in [0, 0.1) is 6.07 Å². The zero-order chi connectivity index (χ0) is 47.4. The first kappa shape index (κ1) is 46.8. The van der Waals surface area contributed by atoms with Crippen LogP contribution < -0.4 is 0 Å². The molecule has 0 saturated carbocycles. The monoisotopic (exact) mass is 1070 g/mol. The predicted molar refractivity (Wildman–Crippen MR) is 281 cm³/mol. The van der Waals surface area contributed by atoms with Crippen molar-refractivity contribution in [3.05, 3.63) is 168 Å². The fourth-order valence-corrected chi connectivity index (χ4v) is 9.50. The Balaban J connectivity index is 0.00000578. The van der Waals surface area contributed by atoms with Gasteiger partial charge in [-0.25, -0.2) is 4.98 Å². The minimum atomic E-state index is -0.344. The second kappa shape index (κ2) is 16.7. The van der Waals surface area contributed by atoms with E-state index < -0.39 is 0 Å². The van der Waals surface area contributed by atoms with Gasteiger partial charge < -0.3 is 9.52 Å². The smallest absolute Gasteiger partial charge is 0.148 e. The van der Waals surface area contributed by atoms with Crippen molar-refractivity contribution in [1.29, 1.82) is 0 Å². The van der Waals surface area contributed by atoms with Crippen molar-refractivity contribution in [3.63, 3.8) is 0 Å². The molecular formula is C62H60N3O2Pt-. The molecule has 1 N–H and O–H groups in total. The van der Waals surface area contributed by atoms with Gasteiger partial charge in [-0.15, -0.1) is 17.7 Å². The number of nitrogens with zero attached hydrogens (tertiary/aromatic N) is 3. The standard InChI is InChI=1S/C62H60N3O2.Pt/c1-59(2,3)40-26-28-52(46(33-40)37-19-14-13-15-20-37)65-53-24-18-23-43(54(53)64-58(65)49-34-42(61(7,8)9)35-50(55(49)66)62(10,11)12)39-31-47-45-27-25-38-21-16-17-22-44(38)56(45)67-57(47)48(32-39)51-36-41(29-30-63-51)60(4,5)6;/h13-31,33-36,66H,1-12H3;/q-1;. The first-order chi connectivity index (χ1) is 31.7. The summed E-state index contributed by atoms with van der Waals surface area (Å²) in [4.78, 5) is 10.7. The van der Waals surface area contributed by atoms with Gasteiger partial charge in [0.15, 0.2) is 0 Å². The van der Waals surface area contributed by atoms with Gasteiger partial charge in [-0.1, -0.05) is 191 Å². The summed E-state index contributed by atoms with van der Waals surface area (Å²) in [6, 6.07) is 51.3. The third-order valence-electron chi connectivity index (χ3n) is 13.5. The molecule has 346 valence electrons. The molecule has 0 atom stereocenters.